The van der Waals surface area contributed by atoms with Gasteiger partial charge in [-0.15, -0.1) is 6.58 Å². The van der Waals surface area contributed by atoms with Crippen molar-refractivity contribution in [3.05, 3.63) is 48.6 Å². The molecule has 0 amide bonds. The van der Waals surface area contributed by atoms with Gasteiger partial charge < -0.3 is 16.9 Å². The SMILES string of the molecule is C=CCC[N+](C)(CCCCCCCCCCCC)Cc1ccccc1.[Cl-]. The van der Waals surface area contributed by atoms with Crippen molar-refractivity contribution in [1.82, 2.24) is 0 Å². The molecule has 0 bridgehead atoms. The van der Waals surface area contributed by atoms with Crippen LogP contribution in [0.15, 0.2) is 43.0 Å². The summed E-state index contributed by atoms with van der Waals surface area (Å²) in [5, 5.41) is 0. The number of rotatable bonds is 16. The Morgan fingerprint density at radius 3 is 1.88 bits per heavy atom. The molecule has 26 heavy (non-hydrogen) atoms. The van der Waals surface area contributed by atoms with E-state index in [0.29, 0.717) is 0 Å². The molecule has 0 radical (unpaired) electrons. The fourth-order valence-corrected chi connectivity index (χ4v) is 3.68. The summed E-state index contributed by atoms with van der Waals surface area (Å²) in [6.07, 6.45) is 17.3. The minimum absolute atomic E-state index is 0. The first-order chi connectivity index (χ1) is 12.2. The first-order valence-electron chi connectivity index (χ1n) is 10.7. The monoisotopic (exact) mass is 379 g/mol. The molecule has 1 aromatic rings. The largest absolute Gasteiger partial charge is 1.00 e. The highest BCUT2D eigenvalue weighted by Gasteiger charge is 2.20. The van der Waals surface area contributed by atoms with Gasteiger partial charge in [-0.2, -0.15) is 0 Å². The summed E-state index contributed by atoms with van der Waals surface area (Å²) in [6.45, 7) is 9.85. The molecular formula is C24H42ClN. The Balaban J connectivity index is 0.00000625. The van der Waals surface area contributed by atoms with Crippen LogP contribution in [0.3, 0.4) is 0 Å². The maximum absolute atomic E-state index is 3.92. The van der Waals surface area contributed by atoms with E-state index in [1.807, 2.05) is 0 Å². The zero-order valence-electron chi connectivity index (χ0n) is 17.4. The number of unbranched alkanes of at least 4 members (excludes halogenated alkanes) is 9. The van der Waals surface area contributed by atoms with Crippen LogP contribution in [0.1, 0.15) is 83.1 Å². The lowest BCUT2D eigenvalue weighted by atomic mass is 10.1. The molecule has 1 aromatic carbocycles. The van der Waals surface area contributed by atoms with E-state index >= 15 is 0 Å². The summed E-state index contributed by atoms with van der Waals surface area (Å²) in [7, 11) is 2.42. The van der Waals surface area contributed by atoms with Crippen molar-refractivity contribution in [2.75, 3.05) is 20.1 Å². The third kappa shape index (κ3) is 12.5. The Morgan fingerprint density at radius 2 is 1.35 bits per heavy atom. The van der Waals surface area contributed by atoms with Crippen LogP contribution in [-0.2, 0) is 6.54 Å². The second-order valence-electron chi connectivity index (χ2n) is 7.97. The zero-order chi connectivity index (χ0) is 18.2. The van der Waals surface area contributed by atoms with E-state index < -0.39 is 0 Å². The highest BCUT2D eigenvalue weighted by Crippen LogP contribution is 2.16. The lowest BCUT2D eigenvalue weighted by molar-refractivity contribution is -0.922. The molecule has 0 aromatic heterocycles. The van der Waals surface area contributed by atoms with Gasteiger partial charge in [0.2, 0.25) is 0 Å². The molecule has 0 aliphatic rings. The molecular weight excluding hydrogens is 338 g/mol. The predicted octanol–water partition coefficient (Wildman–Crippen LogP) is 4.13. The molecule has 150 valence electrons. The Hall–Kier alpha value is -0.790. The van der Waals surface area contributed by atoms with Crippen molar-refractivity contribution in [2.45, 2.75) is 84.1 Å². The van der Waals surface area contributed by atoms with Gasteiger partial charge in [-0.25, -0.2) is 0 Å². The van der Waals surface area contributed by atoms with Crippen molar-refractivity contribution in [2.24, 2.45) is 0 Å². The molecule has 1 rings (SSSR count). The number of halogens is 1. The van der Waals surface area contributed by atoms with Crippen LogP contribution >= 0.6 is 0 Å². The molecule has 0 spiro atoms. The van der Waals surface area contributed by atoms with Crippen LogP contribution in [-0.4, -0.2) is 24.6 Å². The standard InChI is InChI=1S/C24H42N.ClH/c1-4-6-8-9-10-11-12-13-14-18-22-25(3,21-7-5-2)23-24-19-16-15-17-20-24;/h5,15-17,19-20H,2,4,6-14,18,21-23H2,1,3H3;1H/q+1;/p-1. The molecule has 0 saturated heterocycles. The third-order valence-electron chi connectivity index (χ3n) is 5.33. The van der Waals surface area contributed by atoms with Crippen LogP contribution in [0.4, 0.5) is 0 Å². The fraction of sp³-hybridized carbons (Fsp3) is 0.667. The summed E-state index contributed by atoms with van der Waals surface area (Å²) in [4.78, 5) is 0. The Morgan fingerprint density at radius 1 is 0.808 bits per heavy atom. The average Bonchev–Trinajstić information content (AvgIpc) is 2.62. The van der Waals surface area contributed by atoms with E-state index in [1.165, 1.54) is 82.9 Å². The van der Waals surface area contributed by atoms with Crippen LogP contribution in [0.5, 0.6) is 0 Å². The highest BCUT2D eigenvalue weighted by atomic mass is 35.5. The van der Waals surface area contributed by atoms with Gasteiger partial charge in [-0.05, 0) is 12.8 Å². The van der Waals surface area contributed by atoms with E-state index in [4.69, 9.17) is 0 Å². The maximum Gasteiger partial charge on any atom is 0.104 e. The molecule has 0 saturated carbocycles. The average molecular weight is 380 g/mol. The predicted molar refractivity (Wildman–Crippen MR) is 113 cm³/mol. The van der Waals surface area contributed by atoms with Gasteiger partial charge >= 0.3 is 0 Å². The normalized spacial score (nSPS) is 13.0. The van der Waals surface area contributed by atoms with Gasteiger partial charge in [0.25, 0.3) is 0 Å². The molecule has 1 unspecified atom stereocenters. The van der Waals surface area contributed by atoms with Crippen molar-refractivity contribution < 1.29 is 16.9 Å². The fourth-order valence-electron chi connectivity index (χ4n) is 3.68. The van der Waals surface area contributed by atoms with Gasteiger partial charge in [0.15, 0.2) is 0 Å². The van der Waals surface area contributed by atoms with Crippen LogP contribution in [0.25, 0.3) is 0 Å². The summed E-state index contributed by atoms with van der Waals surface area (Å²) >= 11 is 0. The van der Waals surface area contributed by atoms with Gasteiger partial charge in [0.05, 0.1) is 20.1 Å². The van der Waals surface area contributed by atoms with Crippen molar-refractivity contribution in [3.8, 4) is 0 Å². The van der Waals surface area contributed by atoms with Gasteiger partial charge in [0.1, 0.15) is 6.54 Å². The topological polar surface area (TPSA) is 0 Å². The second kappa shape index (κ2) is 16.4. The molecule has 1 atom stereocenters. The molecule has 1 nitrogen and oxygen atoms in total. The smallest absolute Gasteiger partial charge is 0.104 e. The minimum atomic E-state index is 0. The van der Waals surface area contributed by atoms with E-state index in [0.717, 1.165) is 17.4 Å². The first-order valence-corrected chi connectivity index (χ1v) is 10.7. The number of quaternary nitrogens is 1. The van der Waals surface area contributed by atoms with Gasteiger partial charge in [0, 0.05) is 12.0 Å². The maximum atomic E-state index is 3.92. The molecule has 0 aliphatic heterocycles. The quantitative estimate of drug-likeness (QED) is 0.230. The van der Waals surface area contributed by atoms with Crippen LogP contribution in [0.2, 0.25) is 0 Å². The zero-order valence-corrected chi connectivity index (χ0v) is 18.2. The minimum Gasteiger partial charge on any atom is -1.00 e. The van der Waals surface area contributed by atoms with E-state index in [9.17, 15) is 0 Å². The first kappa shape index (κ1) is 25.2. The highest BCUT2D eigenvalue weighted by molar-refractivity contribution is 5.13. The molecule has 0 heterocycles. The Labute approximate surface area is 169 Å². The summed E-state index contributed by atoms with van der Waals surface area (Å²) in [6, 6.07) is 11.0. The lowest BCUT2D eigenvalue weighted by Gasteiger charge is -2.34. The Kier molecular flexibility index (Phi) is 15.9. The lowest BCUT2D eigenvalue weighted by Crippen LogP contribution is -3.00. The third-order valence-corrected chi connectivity index (χ3v) is 5.33. The van der Waals surface area contributed by atoms with Gasteiger partial charge in [-0.1, -0.05) is 94.7 Å². The summed E-state index contributed by atoms with van der Waals surface area (Å²) in [5.74, 6) is 0. The van der Waals surface area contributed by atoms with E-state index in [1.54, 1.807) is 0 Å². The molecule has 0 fully saturated rings. The van der Waals surface area contributed by atoms with E-state index in [-0.39, 0.29) is 12.4 Å². The number of hydrogen-bond acceptors (Lipinski definition) is 0. The van der Waals surface area contributed by atoms with Crippen LogP contribution < -0.4 is 12.4 Å². The van der Waals surface area contributed by atoms with Crippen molar-refractivity contribution in [3.63, 3.8) is 0 Å². The number of hydrogen-bond donors (Lipinski definition) is 0. The molecule has 0 aliphatic carbocycles. The summed E-state index contributed by atoms with van der Waals surface area (Å²) < 4.78 is 1.15. The Bertz CT molecular complexity index is 431. The van der Waals surface area contributed by atoms with Crippen LogP contribution in [0, 0.1) is 0 Å². The van der Waals surface area contributed by atoms with E-state index in [2.05, 4.69) is 57.0 Å². The molecule has 2 heteroatoms. The second-order valence-corrected chi connectivity index (χ2v) is 7.97. The summed E-state index contributed by atoms with van der Waals surface area (Å²) in [5.41, 5.74) is 1.46. The number of nitrogens with zero attached hydrogens (tertiary/aromatic N) is 1. The number of benzene rings is 1. The van der Waals surface area contributed by atoms with Crippen molar-refractivity contribution in [1.29, 1.82) is 0 Å². The van der Waals surface area contributed by atoms with Gasteiger partial charge in [-0.3, -0.25) is 0 Å². The van der Waals surface area contributed by atoms with Crippen molar-refractivity contribution >= 4 is 0 Å². The molecule has 0 N–H and O–H groups in total.